The summed E-state index contributed by atoms with van der Waals surface area (Å²) in [4.78, 5) is 22.7. The second-order valence-corrected chi connectivity index (χ2v) is 4.24. The fourth-order valence-electron chi connectivity index (χ4n) is 1.77. The molecule has 1 aromatic carbocycles. The Balaban J connectivity index is 1.74. The minimum absolute atomic E-state index is 0.0186. The van der Waals surface area contributed by atoms with E-state index in [1.54, 1.807) is 24.3 Å². The predicted octanol–water partition coefficient (Wildman–Crippen LogP) is 1.57. The molecule has 102 valence electrons. The third-order valence-corrected chi connectivity index (χ3v) is 2.75. The van der Waals surface area contributed by atoms with Gasteiger partial charge in [0.25, 0.3) is 0 Å². The number of carbonyl (C=O) groups is 2. The van der Waals surface area contributed by atoms with Crippen LogP contribution in [0.3, 0.4) is 0 Å². The molecule has 1 N–H and O–H groups in total. The van der Waals surface area contributed by atoms with Crippen molar-refractivity contribution in [3.05, 3.63) is 35.9 Å². The van der Waals surface area contributed by atoms with Crippen molar-refractivity contribution in [2.24, 2.45) is 0 Å². The summed E-state index contributed by atoms with van der Waals surface area (Å²) in [5.74, 6) is -0.807. The van der Waals surface area contributed by atoms with Crippen LogP contribution >= 0.6 is 0 Å². The molecule has 1 aliphatic rings. The van der Waals surface area contributed by atoms with Crippen LogP contribution in [0.1, 0.15) is 12.0 Å². The molecule has 1 fully saturated rings. The monoisotopic (exact) mass is 267 g/mol. The van der Waals surface area contributed by atoms with Crippen LogP contribution in [0.25, 0.3) is 0 Å². The molecule has 1 aromatic rings. The first-order valence-electron chi connectivity index (χ1n) is 5.95. The van der Waals surface area contributed by atoms with Crippen molar-refractivity contribution in [2.75, 3.05) is 6.54 Å². The lowest BCUT2D eigenvalue weighted by atomic mass is 10.2. The Morgan fingerprint density at radius 2 is 2.05 bits per heavy atom. The zero-order valence-electron chi connectivity index (χ0n) is 10.2. The van der Waals surface area contributed by atoms with E-state index in [2.05, 4.69) is 10.1 Å². The number of esters is 1. The van der Waals surface area contributed by atoms with E-state index in [0.29, 0.717) is 0 Å². The van der Waals surface area contributed by atoms with Gasteiger partial charge < -0.3 is 14.8 Å². The molecule has 6 heteroatoms. The van der Waals surface area contributed by atoms with Crippen LogP contribution < -0.4 is 5.32 Å². The van der Waals surface area contributed by atoms with Crippen molar-refractivity contribution in [2.45, 2.75) is 25.2 Å². The summed E-state index contributed by atoms with van der Waals surface area (Å²) < 4.78 is 22.1. The van der Waals surface area contributed by atoms with Crippen LogP contribution in [-0.2, 0) is 20.9 Å². The quantitative estimate of drug-likeness (QED) is 0.665. The first kappa shape index (κ1) is 13.5. The highest BCUT2D eigenvalue weighted by atomic mass is 19.1. The Labute approximate surface area is 109 Å². The Morgan fingerprint density at radius 1 is 1.32 bits per heavy atom. The lowest BCUT2D eigenvalue weighted by Gasteiger charge is -2.08. The SMILES string of the molecule is O=C(OCc1ccccc1)OC(=O)[C@@H]1CC(F)CN1. The van der Waals surface area contributed by atoms with E-state index in [-0.39, 0.29) is 19.6 Å². The van der Waals surface area contributed by atoms with Gasteiger partial charge in [-0.25, -0.2) is 14.0 Å². The standard InChI is InChI=1S/C13H14FNO4/c14-10-6-11(15-7-10)12(16)19-13(17)18-8-9-4-2-1-3-5-9/h1-5,10-11,15H,6-8H2/t10?,11-/m0/s1. The zero-order valence-corrected chi connectivity index (χ0v) is 10.2. The van der Waals surface area contributed by atoms with Crippen molar-refractivity contribution < 1.29 is 23.5 Å². The fourth-order valence-corrected chi connectivity index (χ4v) is 1.77. The Morgan fingerprint density at radius 3 is 2.68 bits per heavy atom. The van der Waals surface area contributed by atoms with Gasteiger partial charge in [0.15, 0.2) is 0 Å². The van der Waals surface area contributed by atoms with Gasteiger partial charge in [-0.05, 0) is 5.56 Å². The molecule has 1 unspecified atom stereocenters. The number of hydrogen-bond donors (Lipinski definition) is 1. The van der Waals surface area contributed by atoms with Crippen LogP contribution in [0.15, 0.2) is 30.3 Å². The van der Waals surface area contributed by atoms with Crippen LogP contribution in [0.4, 0.5) is 9.18 Å². The molecular formula is C13H14FNO4. The lowest BCUT2D eigenvalue weighted by molar-refractivity contribution is -0.142. The highest BCUT2D eigenvalue weighted by Gasteiger charge is 2.32. The molecule has 0 spiro atoms. The molecule has 2 atom stereocenters. The number of ether oxygens (including phenoxy) is 2. The summed E-state index contributed by atoms with van der Waals surface area (Å²) in [5, 5.41) is 2.63. The molecule has 0 bridgehead atoms. The molecule has 0 radical (unpaired) electrons. The van der Waals surface area contributed by atoms with Crippen molar-refractivity contribution >= 4 is 12.1 Å². The molecule has 0 amide bonds. The average molecular weight is 267 g/mol. The van der Waals surface area contributed by atoms with Gasteiger partial charge in [0, 0.05) is 13.0 Å². The molecule has 0 aromatic heterocycles. The Hall–Kier alpha value is -1.95. The molecule has 19 heavy (non-hydrogen) atoms. The number of alkyl halides is 1. The summed E-state index contributed by atoms with van der Waals surface area (Å²) in [5.41, 5.74) is 0.787. The molecule has 1 saturated heterocycles. The first-order chi connectivity index (χ1) is 9.15. The van der Waals surface area contributed by atoms with E-state index in [4.69, 9.17) is 4.74 Å². The highest BCUT2D eigenvalue weighted by molar-refractivity contribution is 5.85. The van der Waals surface area contributed by atoms with Crippen molar-refractivity contribution in [3.8, 4) is 0 Å². The van der Waals surface area contributed by atoms with Gasteiger partial charge >= 0.3 is 12.1 Å². The van der Waals surface area contributed by atoms with E-state index in [0.717, 1.165) is 5.56 Å². The number of rotatable bonds is 3. The second-order valence-electron chi connectivity index (χ2n) is 4.24. The van der Waals surface area contributed by atoms with E-state index in [1.165, 1.54) is 0 Å². The second kappa shape index (κ2) is 6.29. The fraction of sp³-hybridized carbons (Fsp3) is 0.385. The summed E-state index contributed by atoms with van der Waals surface area (Å²) in [6.07, 6.45) is -2.14. The maximum Gasteiger partial charge on any atom is 0.516 e. The molecule has 5 nitrogen and oxygen atoms in total. The molecule has 1 aliphatic heterocycles. The maximum absolute atomic E-state index is 12.9. The molecule has 2 rings (SSSR count). The van der Waals surface area contributed by atoms with Gasteiger partial charge in [-0.1, -0.05) is 30.3 Å². The van der Waals surface area contributed by atoms with Crippen LogP contribution in [-0.4, -0.2) is 30.9 Å². The number of carbonyl (C=O) groups excluding carboxylic acids is 2. The number of benzene rings is 1. The average Bonchev–Trinajstić information content (AvgIpc) is 2.84. The van der Waals surface area contributed by atoms with Gasteiger partial charge in [0.2, 0.25) is 0 Å². The largest absolute Gasteiger partial charge is 0.516 e. The normalized spacial score (nSPS) is 21.9. The van der Waals surface area contributed by atoms with Crippen LogP contribution in [0, 0.1) is 0 Å². The van der Waals surface area contributed by atoms with Crippen molar-refractivity contribution in [1.29, 1.82) is 0 Å². The molecule has 0 aliphatic carbocycles. The molecule has 1 heterocycles. The van der Waals surface area contributed by atoms with E-state index in [9.17, 15) is 14.0 Å². The van der Waals surface area contributed by atoms with Gasteiger partial charge in [-0.3, -0.25) is 0 Å². The van der Waals surface area contributed by atoms with E-state index in [1.807, 2.05) is 6.07 Å². The topological polar surface area (TPSA) is 64.6 Å². The van der Waals surface area contributed by atoms with E-state index >= 15 is 0 Å². The summed E-state index contributed by atoms with van der Waals surface area (Å²) in [6.45, 7) is 0.121. The van der Waals surface area contributed by atoms with Gasteiger partial charge in [-0.2, -0.15) is 0 Å². The van der Waals surface area contributed by atoms with Crippen molar-refractivity contribution in [1.82, 2.24) is 5.32 Å². The minimum atomic E-state index is -1.09. The Kier molecular flexibility index (Phi) is 4.46. The number of hydrogen-bond acceptors (Lipinski definition) is 5. The van der Waals surface area contributed by atoms with Crippen LogP contribution in [0.2, 0.25) is 0 Å². The van der Waals surface area contributed by atoms with Crippen LogP contribution in [0.5, 0.6) is 0 Å². The number of halogens is 1. The molecule has 0 saturated carbocycles. The highest BCUT2D eigenvalue weighted by Crippen LogP contribution is 2.11. The van der Waals surface area contributed by atoms with Gasteiger partial charge in [-0.15, -0.1) is 0 Å². The smallest absolute Gasteiger partial charge is 0.429 e. The van der Waals surface area contributed by atoms with Crippen molar-refractivity contribution in [3.63, 3.8) is 0 Å². The number of nitrogens with one attached hydrogen (secondary N) is 1. The Bertz CT molecular complexity index is 451. The summed E-state index contributed by atoms with van der Waals surface area (Å²) in [7, 11) is 0. The third kappa shape index (κ3) is 4.03. The van der Waals surface area contributed by atoms with Gasteiger partial charge in [0.1, 0.15) is 18.8 Å². The zero-order chi connectivity index (χ0) is 13.7. The maximum atomic E-state index is 12.9. The lowest BCUT2D eigenvalue weighted by Crippen LogP contribution is -2.33. The first-order valence-corrected chi connectivity index (χ1v) is 5.95. The molecular weight excluding hydrogens is 253 g/mol. The summed E-state index contributed by atoms with van der Waals surface area (Å²) >= 11 is 0. The predicted molar refractivity (Wildman–Crippen MR) is 64.0 cm³/mol. The third-order valence-electron chi connectivity index (χ3n) is 2.75. The van der Waals surface area contributed by atoms with Gasteiger partial charge in [0.05, 0.1) is 0 Å². The van der Waals surface area contributed by atoms with E-state index < -0.39 is 24.3 Å². The minimum Gasteiger partial charge on any atom is -0.429 e. The summed E-state index contributed by atoms with van der Waals surface area (Å²) in [6, 6.07) is 8.23.